The van der Waals surface area contributed by atoms with E-state index in [2.05, 4.69) is 0 Å². The first kappa shape index (κ1) is 14.1. The monoisotopic (exact) mass is 270 g/mol. The van der Waals surface area contributed by atoms with Crippen molar-refractivity contribution < 1.29 is 9.53 Å². The zero-order valence-electron chi connectivity index (χ0n) is 11.5. The van der Waals surface area contributed by atoms with Crippen molar-refractivity contribution in [3.05, 3.63) is 60.2 Å². The van der Waals surface area contributed by atoms with E-state index >= 15 is 0 Å². The predicted molar refractivity (Wildman–Crippen MR) is 80.4 cm³/mol. The number of carbonyl (C=O) groups is 1. The maximum atomic E-state index is 12.0. The fourth-order valence-corrected chi connectivity index (χ4v) is 1.80. The number of nitrogen functional groups attached to an aromatic ring is 1. The summed E-state index contributed by atoms with van der Waals surface area (Å²) in [7, 11) is 1.71. The van der Waals surface area contributed by atoms with Crippen LogP contribution in [-0.4, -0.2) is 19.6 Å². The van der Waals surface area contributed by atoms with Gasteiger partial charge in [-0.05, 0) is 23.8 Å². The summed E-state index contributed by atoms with van der Waals surface area (Å²) in [6.07, 6.45) is 0. The molecular weight excluding hydrogens is 252 g/mol. The lowest BCUT2D eigenvalue weighted by Crippen LogP contribution is -2.30. The van der Waals surface area contributed by atoms with E-state index in [-0.39, 0.29) is 12.5 Å². The number of amides is 1. The number of nitrogens with zero attached hydrogens (tertiary/aromatic N) is 1. The highest BCUT2D eigenvalue weighted by atomic mass is 16.5. The third kappa shape index (κ3) is 3.83. The van der Waals surface area contributed by atoms with Gasteiger partial charge in [0, 0.05) is 18.4 Å². The van der Waals surface area contributed by atoms with E-state index in [1.807, 2.05) is 42.5 Å². The molecule has 0 saturated carbocycles. The number of hydrogen-bond acceptors (Lipinski definition) is 3. The van der Waals surface area contributed by atoms with Crippen molar-refractivity contribution in [2.24, 2.45) is 0 Å². The Bertz CT molecular complexity index is 570. The molecule has 104 valence electrons. The Kier molecular flexibility index (Phi) is 4.74. The molecule has 1 amide bonds. The molecule has 0 aliphatic carbocycles. The normalized spacial score (nSPS) is 10.2. The van der Waals surface area contributed by atoms with Gasteiger partial charge in [0.1, 0.15) is 6.61 Å². The summed E-state index contributed by atoms with van der Waals surface area (Å²) in [6.45, 7) is 0.470. The zero-order valence-corrected chi connectivity index (χ0v) is 11.5. The van der Waals surface area contributed by atoms with Gasteiger partial charge in [0.2, 0.25) is 0 Å². The highest BCUT2D eigenvalue weighted by Crippen LogP contribution is 2.16. The largest absolute Gasteiger partial charge is 0.399 e. The number of anilines is 2. The minimum Gasteiger partial charge on any atom is -0.399 e. The third-order valence-corrected chi connectivity index (χ3v) is 2.97. The summed E-state index contributed by atoms with van der Waals surface area (Å²) >= 11 is 0. The Balaban J connectivity index is 1.85. The van der Waals surface area contributed by atoms with Crippen molar-refractivity contribution >= 4 is 17.3 Å². The van der Waals surface area contributed by atoms with Crippen LogP contribution >= 0.6 is 0 Å². The summed E-state index contributed by atoms with van der Waals surface area (Å²) in [4.78, 5) is 13.5. The number of rotatable bonds is 5. The van der Waals surface area contributed by atoms with Crippen LogP contribution in [0.5, 0.6) is 0 Å². The highest BCUT2D eigenvalue weighted by molar-refractivity contribution is 5.94. The van der Waals surface area contributed by atoms with Gasteiger partial charge in [-0.25, -0.2) is 0 Å². The van der Waals surface area contributed by atoms with E-state index in [1.54, 1.807) is 24.1 Å². The van der Waals surface area contributed by atoms with Crippen LogP contribution in [0.3, 0.4) is 0 Å². The summed E-state index contributed by atoms with van der Waals surface area (Å²) in [5.41, 5.74) is 8.15. The van der Waals surface area contributed by atoms with Gasteiger partial charge in [-0.2, -0.15) is 0 Å². The van der Waals surface area contributed by atoms with Crippen LogP contribution in [0.1, 0.15) is 5.56 Å². The van der Waals surface area contributed by atoms with Crippen molar-refractivity contribution in [2.45, 2.75) is 6.61 Å². The number of ether oxygens (including phenoxy) is 1. The maximum Gasteiger partial charge on any atom is 0.252 e. The molecule has 0 saturated heterocycles. The number of likely N-dealkylation sites (N-methyl/N-ethyl adjacent to an activating group) is 1. The molecule has 2 N–H and O–H groups in total. The summed E-state index contributed by atoms with van der Waals surface area (Å²) in [5, 5.41) is 0. The van der Waals surface area contributed by atoms with Crippen LogP contribution in [-0.2, 0) is 16.1 Å². The minimum absolute atomic E-state index is 0.0419. The van der Waals surface area contributed by atoms with Gasteiger partial charge in [-0.15, -0.1) is 0 Å². The topological polar surface area (TPSA) is 55.6 Å². The lowest BCUT2D eigenvalue weighted by atomic mass is 10.2. The molecule has 2 rings (SSSR count). The molecule has 20 heavy (non-hydrogen) atoms. The Morgan fingerprint density at radius 3 is 2.60 bits per heavy atom. The Morgan fingerprint density at radius 1 is 1.15 bits per heavy atom. The van der Waals surface area contributed by atoms with Gasteiger partial charge in [0.05, 0.1) is 6.61 Å². The van der Waals surface area contributed by atoms with Crippen LogP contribution in [0.25, 0.3) is 0 Å². The molecular formula is C16H18N2O2. The molecule has 0 fully saturated rings. The molecule has 0 atom stereocenters. The molecule has 0 unspecified atom stereocenters. The molecule has 0 bridgehead atoms. The summed E-state index contributed by atoms with van der Waals surface area (Å²) < 4.78 is 5.43. The summed E-state index contributed by atoms with van der Waals surface area (Å²) in [6, 6.07) is 17.0. The molecule has 0 heterocycles. The van der Waals surface area contributed by atoms with E-state index in [4.69, 9.17) is 10.5 Å². The predicted octanol–water partition coefficient (Wildman–Crippen LogP) is 2.45. The van der Waals surface area contributed by atoms with E-state index in [1.165, 1.54) is 0 Å². The number of carbonyl (C=O) groups excluding carboxylic acids is 1. The van der Waals surface area contributed by atoms with E-state index < -0.39 is 0 Å². The van der Waals surface area contributed by atoms with Crippen LogP contribution in [0.4, 0.5) is 11.4 Å². The molecule has 0 aliphatic rings. The smallest absolute Gasteiger partial charge is 0.252 e. The Hall–Kier alpha value is -2.33. The Labute approximate surface area is 118 Å². The summed E-state index contributed by atoms with van der Waals surface area (Å²) in [5.74, 6) is -0.105. The van der Waals surface area contributed by atoms with Crippen molar-refractivity contribution in [1.82, 2.24) is 0 Å². The third-order valence-electron chi connectivity index (χ3n) is 2.97. The molecule has 0 spiro atoms. The van der Waals surface area contributed by atoms with Crippen LogP contribution in [0.2, 0.25) is 0 Å². The van der Waals surface area contributed by atoms with Gasteiger partial charge < -0.3 is 15.4 Å². The average Bonchev–Trinajstić information content (AvgIpc) is 2.47. The second kappa shape index (κ2) is 6.73. The first-order valence-electron chi connectivity index (χ1n) is 6.40. The Morgan fingerprint density at radius 2 is 1.90 bits per heavy atom. The fraction of sp³-hybridized carbons (Fsp3) is 0.188. The molecule has 4 nitrogen and oxygen atoms in total. The maximum absolute atomic E-state index is 12.0. The van der Waals surface area contributed by atoms with Gasteiger partial charge in [-0.1, -0.05) is 36.4 Å². The van der Waals surface area contributed by atoms with Crippen molar-refractivity contribution in [3.63, 3.8) is 0 Å². The number of nitrogens with two attached hydrogens (primary N) is 1. The molecule has 2 aromatic carbocycles. The van der Waals surface area contributed by atoms with E-state index in [0.717, 1.165) is 11.3 Å². The number of hydrogen-bond donors (Lipinski definition) is 1. The van der Waals surface area contributed by atoms with Gasteiger partial charge in [0.25, 0.3) is 5.91 Å². The van der Waals surface area contributed by atoms with Gasteiger partial charge in [-0.3, -0.25) is 4.79 Å². The molecule has 0 aliphatic heterocycles. The van der Waals surface area contributed by atoms with Gasteiger partial charge >= 0.3 is 0 Å². The highest BCUT2D eigenvalue weighted by Gasteiger charge is 2.11. The zero-order chi connectivity index (χ0) is 14.4. The van der Waals surface area contributed by atoms with E-state index in [9.17, 15) is 4.79 Å². The minimum atomic E-state index is -0.105. The molecule has 2 aromatic rings. The fourth-order valence-electron chi connectivity index (χ4n) is 1.80. The lowest BCUT2D eigenvalue weighted by molar-refractivity contribution is -0.123. The van der Waals surface area contributed by atoms with E-state index in [0.29, 0.717) is 12.3 Å². The quantitative estimate of drug-likeness (QED) is 0.849. The van der Waals surface area contributed by atoms with Crippen molar-refractivity contribution in [1.29, 1.82) is 0 Å². The first-order chi connectivity index (χ1) is 9.66. The average molecular weight is 270 g/mol. The standard InChI is InChI=1S/C16H18N2O2/c1-18(15-9-5-8-14(17)10-15)16(19)12-20-11-13-6-3-2-4-7-13/h2-10H,11-12,17H2,1H3. The second-order valence-electron chi connectivity index (χ2n) is 4.53. The molecule has 0 aromatic heterocycles. The number of benzene rings is 2. The molecule has 0 radical (unpaired) electrons. The van der Waals surface area contributed by atoms with Crippen LogP contribution in [0, 0.1) is 0 Å². The van der Waals surface area contributed by atoms with Crippen molar-refractivity contribution in [2.75, 3.05) is 24.3 Å². The molecule has 4 heteroatoms. The van der Waals surface area contributed by atoms with Crippen LogP contribution in [0.15, 0.2) is 54.6 Å². The second-order valence-corrected chi connectivity index (χ2v) is 4.53. The first-order valence-corrected chi connectivity index (χ1v) is 6.40. The van der Waals surface area contributed by atoms with Crippen LogP contribution < -0.4 is 10.6 Å². The van der Waals surface area contributed by atoms with Gasteiger partial charge in [0.15, 0.2) is 0 Å². The SMILES string of the molecule is CN(C(=O)COCc1ccccc1)c1cccc(N)c1. The lowest BCUT2D eigenvalue weighted by Gasteiger charge is -2.17. The van der Waals surface area contributed by atoms with Crippen molar-refractivity contribution in [3.8, 4) is 0 Å².